The van der Waals surface area contributed by atoms with Crippen LogP contribution in [0, 0.1) is 11.8 Å². The molecule has 0 saturated carbocycles. The molecule has 0 aromatic carbocycles. The van der Waals surface area contributed by atoms with Gasteiger partial charge in [-0.3, -0.25) is 4.79 Å². The van der Waals surface area contributed by atoms with Gasteiger partial charge in [0.25, 0.3) is 0 Å². The van der Waals surface area contributed by atoms with Crippen LogP contribution < -0.4 is 5.32 Å². The molecule has 1 aliphatic heterocycles. The largest absolute Gasteiger partial charge is 0.481 e. The van der Waals surface area contributed by atoms with Crippen LogP contribution in [0.15, 0.2) is 12.2 Å². The third-order valence-corrected chi connectivity index (χ3v) is 3.42. The number of amides is 2. The monoisotopic (exact) mass is 238 g/mol. The number of rotatable bonds is 2. The molecule has 0 radical (unpaired) electrons. The van der Waals surface area contributed by atoms with Crippen LogP contribution in [0.25, 0.3) is 0 Å². The van der Waals surface area contributed by atoms with Gasteiger partial charge in [0.1, 0.15) is 0 Å². The van der Waals surface area contributed by atoms with Gasteiger partial charge in [0, 0.05) is 13.1 Å². The minimum absolute atomic E-state index is 0.0740. The van der Waals surface area contributed by atoms with Gasteiger partial charge in [-0.15, -0.1) is 0 Å². The maximum atomic E-state index is 11.9. The van der Waals surface area contributed by atoms with E-state index in [0.717, 1.165) is 19.5 Å². The number of carbonyl (C=O) groups excluding carboxylic acids is 1. The number of urea groups is 1. The fraction of sp³-hybridized carbons (Fsp3) is 0.667. The summed E-state index contributed by atoms with van der Waals surface area (Å²) in [6.45, 7) is 3.72. The van der Waals surface area contributed by atoms with Crippen LogP contribution in [-0.4, -0.2) is 41.1 Å². The zero-order valence-corrected chi connectivity index (χ0v) is 9.93. The quantitative estimate of drug-likeness (QED) is 0.707. The van der Waals surface area contributed by atoms with Crippen LogP contribution in [0.5, 0.6) is 0 Å². The third-order valence-electron chi connectivity index (χ3n) is 3.42. The molecular formula is C12H18N2O3. The van der Waals surface area contributed by atoms with Crippen molar-refractivity contribution in [3.8, 4) is 0 Å². The van der Waals surface area contributed by atoms with Crippen molar-refractivity contribution in [1.29, 1.82) is 0 Å². The normalized spacial score (nSPS) is 31.8. The third kappa shape index (κ3) is 2.78. The first-order chi connectivity index (χ1) is 8.06. The smallest absolute Gasteiger partial charge is 0.317 e. The molecule has 5 nitrogen and oxygen atoms in total. The van der Waals surface area contributed by atoms with Crippen LogP contribution in [0.2, 0.25) is 0 Å². The number of nitrogens with one attached hydrogen (secondary N) is 1. The molecule has 17 heavy (non-hydrogen) atoms. The molecule has 3 unspecified atom stereocenters. The zero-order valence-electron chi connectivity index (χ0n) is 9.93. The summed E-state index contributed by atoms with van der Waals surface area (Å²) in [5.74, 6) is -0.725. The minimum atomic E-state index is -0.826. The molecular weight excluding hydrogens is 220 g/mol. The second kappa shape index (κ2) is 4.77. The van der Waals surface area contributed by atoms with E-state index in [0.29, 0.717) is 12.3 Å². The van der Waals surface area contributed by atoms with Crippen LogP contribution in [0.3, 0.4) is 0 Å². The van der Waals surface area contributed by atoms with E-state index in [1.54, 1.807) is 17.1 Å². The van der Waals surface area contributed by atoms with E-state index >= 15 is 0 Å². The average molecular weight is 238 g/mol. The lowest BCUT2D eigenvalue weighted by atomic mass is 10.1. The van der Waals surface area contributed by atoms with Crippen molar-refractivity contribution in [2.75, 3.05) is 13.1 Å². The number of carboxylic acid groups (broad SMARTS) is 1. The van der Waals surface area contributed by atoms with Gasteiger partial charge in [-0.05, 0) is 18.8 Å². The highest BCUT2D eigenvalue weighted by Crippen LogP contribution is 2.19. The molecule has 1 heterocycles. The second-order valence-corrected chi connectivity index (χ2v) is 4.96. The highest BCUT2D eigenvalue weighted by Gasteiger charge is 2.28. The summed E-state index contributed by atoms with van der Waals surface area (Å²) in [5.41, 5.74) is 0. The lowest BCUT2D eigenvalue weighted by Gasteiger charge is -2.20. The van der Waals surface area contributed by atoms with E-state index in [2.05, 4.69) is 12.2 Å². The number of aliphatic carboxylic acids is 1. The fourth-order valence-corrected chi connectivity index (χ4v) is 2.36. The molecule has 94 valence electrons. The van der Waals surface area contributed by atoms with Crippen molar-refractivity contribution in [1.82, 2.24) is 10.2 Å². The van der Waals surface area contributed by atoms with E-state index in [9.17, 15) is 9.59 Å². The van der Waals surface area contributed by atoms with E-state index in [-0.39, 0.29) is 12.1 Å². The Balaban J connectivity index is 1.81. The summed E-state index contributed by atoms with van der Waals surface area (Å²) in [6.07, 6.45) is 4.94. The van der Waals surface area contributed by atoms with Gasteiger partial charge >= 0.3 is 12.0 Å². The van der Waals surface area contributed by atoms with Gasteiger partial charge in [-0.1, -0.05) is 19.1 Å². The molecule has 3 atom stereocenters. The topological polar surface area (TPSA) is 69.6 Å². The second-order valence-electron chi connectivity index (χ2n) is 4.96. The van der Waals surface area contributed by atoms with Gasteiger partial charge < -0.3 is 15.3 Å². The molecule has 0 spiro atoms. The van der Waals surface area contributed by atoms with Gasteiger partial charge in [-0.2, -0.15) is 0 Å². The Morgan fingerprint density at radius 3 is 2.71 bits per heavy atom. The summed E-state index contributed by atoms with van der Waals surface area (Å²) in [6, 6.07) is -0.213. The number of likely N-dealkylation sites (tertiary alicyclic amines) is 1. The molecule has 2 N–H and O–H groups in total. The van der Waals surface area contributed by atoms with E-state index in [4.69, 9.17) is 5.11 Å². The van der Waals surface area contributed by atoms with Crippen molar-refractivity contribution < 1.29 is 14.7 Å². The molecule has 0 bridgehead atoms. The summed E-state index contributed by atoms with van der Waals surface area (Å²) < 4.78 is 0. The Labute approximate surface area is 100 Å². The molecule has 1 fully saturated rings. The first-order valence-corrected chi connectivity index (χ1v) is 6.03. The van der Waals surface area contributed by atoms with Crippen LogP contribution in [0.4, 0.5) is 4.79 Å². The predicted molar refractivity (Wildman–Crippen MR) is 62.6 cm³/mol. The van der Waals surface area contributed by atoms with Gasteiger partial charge in [0.05, 0.1) is 12.0 Å². The van der Waals surface area contributed by atoms with Crippen LogP contribution >= 0.6 is 0 Å². The molecule has 2 aliphatic rings. The van der Waals surface area contributed by atoms with E-state index < -0.39 is 11.9 Å². The Hall–Kier alpha value is -1.52. The summed E-state index contributed by atoms with van der Waals surface area (Å²) in [4.78, 5) is 24.4. The van der Waals surface area contributed by atoms with Crippen molar-refractivity contribution in [3.05, 3.63) is 12.2 Å². The van der Waals surface area contributed by atoms with Gasteiger partial charge in [0.2, 0.25) is 0 Å². The highest BCUT2D eigenvalue weighted by molar-refractivity contribution is 5.76. The number of carbonyl (C=O) groups is 2. The van der Waals surface area contributed by atoms with Crippen LogP contribution in [-0.2, 0) is 4.79 Å². The standard InChI is InChI=1S/C12H18N2O3/c1-8-4-5-14(7-8)12(17)13-10-3-2-9(6-10)11(15)16/h2-3,8-10H,4-7H2,1H3,(H,13,17)(H,15,16). The number of nitrogens with zero attached hydrogens (tertiary/aromatic N) is 1. The lowest BCUT2D eigenvalue weighted by molar-refractivity contribution is -0.140. The Kier molecular flexibility index (Phi) is 3.36. The Morgan fingerprint density at radius 2 is 2.18 bits per heavy atom. The molecule has 2 amide bonds. The highest BCUT2D eigenvalue weighted by atomic mass is 16.4. The molecule has 0 aromatic heterocycles. The maximum absolute atomic E-state index is 11.9. The zero-order chi connectivity index (χ0) is 12.4. The molecule has 1 saturated heterocycles. The fourth-order valence-electron chi connectivity index (χ4n) is 2.36. The number of hydrogen-bond donors (Lipinski definition) is 2. The van der Waals surface area contributed by atoms with E-state index in [1.165, 1.54) is 0 Å². The lowest BCUT2D eigenvalue weighted by Crippen LogP contribution is -2.43. The van der Waals surface area contributed by atoms with E-state index in [1.807, 2.05) is 0 Å². The average Bonchev–Trinajstić information content (AvgIpc) is 2.86. The first-order valence-electron chi connectivity index (χ1n) is 6.03. The van der Waals surface area contributed by atoms with Crippen molar-refractivity contribution in [2.45, 2.75) is 25.8 Å². The number of carboxylic acids is 1. The molecule has 2 rings (SSSR count). The van der Waals surface area contributed by atoms with Crippen molar-refractivity contribution in [2.24, 2.45) is 11.8 Å². The SMILES string of the molecule is CC1CCN(C(=O)NC2C=CC(C(=O)O)C2)C1. The van der Waals surface area contributed by atoms with Crippen LogP contribution in [0.1, 0.15) is 19.8 Å². The maximum Gasteiger partial charge on any atom is 0.317 e. The predicted octanol–water partition coefficient (Wildman–Crippen LogP) is 1.07. The molecule has 1 aliphatic carbocycles. The minimum Gasteiger partial charge on any atom is -0.481 e. The van der Waals surface area contributed by atoms with Crippen molar-refractivity contribution >= 4 is 12.0 Å². The summed E-state index contributed by atoms with van der Waals surface area (Å²) >= 11 is 0. The van der Waals surface area contributed by atoms with Gasteiger partial charge in [-0.25, -0.2) is 4.79 Å². The van der Waals surface area contributed by atoms with Gasteiger partial charge in [0.15, 0.2) is 0 Å². The summed E-state index contributed by atoms with van der Waals surface area (Å²) in [5, 5.41) is 11.7. The Morgan fingerprint density at radius 1 is 1.41 bits per heavy atom. The van der Waals surface area contributed by atoms with Crippen molar-refractivity contribution in [3.63, 3.8) is 0 Å². The first kappa shape index (κ1) is 12.0. The number of hydrogen-bond acceptors (Lipinski definition) is 2. The Bertz CT molecular complexity index is 354. The summed E-state index contributed by atoms with van der Waals surface area (Å²) in [7, 11) is 0. The molecule has 5 heteroatoms. The molecule has 0 aromatic rings.